The molecule has 0 radical (unpaired) electrons. The molecule has 3 N–H and O–H groups in total. The van der Waals surface area contributed by atoms with Crippen molar-refractivity contribution in [2.45, 2.75) is 38.8 Å². The molecule has 1 aromatic rings. The topological polar surface area (TPSA) is 77.0 Å². The van der Waals surface area contributed by atoms with Crippen LogP contribution in [-0.2, 0) is 7.05 Å². The van der Waals surface area contributed by atoms with Gasteiger partial charge in [-0.25, -0.2) is 0 Å². The Bertz CT molecular complexity index is 313. The number of aliphatic hydroxyl groups excluding tert-OH is 1. The van der Waals surface area contributed by atoms with Gasteiger partial charge in [0.25, 0.3) is 0 Å². The number of nitrogens with two attached hydrogens (primary N) is 1. The summed E-state index contributed by atoms with van der Waals surface area (Å²) in [4.78, 5) is 0. The molecule has 1 aromatic heterocycles. The minimum Gasteiger partial charge on any atom is -0.385 e. The predicted molar refractivity (Wildman–Crippen MR) is 53.6 cm³/mol. The smallest absolute Gasteiger partial charge is 0.161 e. The van der Waals surface area contributed by atoms with E-state index in [0.717, 1.165) is 5.82 Å². The van der Waals surface area contributed by atoms with E-state index in [4.69, 9.17) is 5.73 Å². The summed E-state index contributed by atoms with van der Waals surface area (Å²) in [7, 11) is 1.83. The van der Waals surface area contributed by atoms with Crippen molar-refractivity contribution in [1.82, 2.24) is 14.8 Å². The van der Waals surface area contributed by atoms with Crippen LogP contribution >= 0.6 is 0 Å². The molecule has 80 valence electrons. The summed E-state index contributed by atoms with van der Waals surface area (Å²) >= 11 is 0. The van der Waals surface area contributed by atoms with Gasteiger partial charge in [-0.15, -0.1) is 10.2 Å². The second-order valence-electron chi connectivity index (χ2n) is 4.37. The van der Waals surface area contributed by atoms with Crippen LogP contribution in [0, 0.1) is 6.92 Å². The monoisotopic (exact) mass is 198 g/mol. The van der Waals surface area contributed by atoms with Gasteiger partial charge >= 0.3 is 0 Å². The molecule has 5 heteroatoms. The molecule has 0 amide bonds. The van der Waals surface area contributed by atoms with Crippen LogP contribution in [0.4, 0.5) is 0 Å². The molecule has 0 aliphatic heterocycles. The third-order valence-corrected chi connectivity index (χ3v) is 2.14. The van der Waals surface area contributed by atoms with Crippen molar-refractivity contribution in [3.63, 3.8) is 0 Å². The molecule has 0 bridgehead atoms. The second kappa shape index (κ2) is 3.67. The van der Waals surface area contributed by atoms with E-state index in [1.807, 2.05) is 27.8 Å². The van der Waals surface area contributed by atoms with Gasteiger partial charge in [0.2, 0.25) is 0 Å². The lowest BCUT2D eigenvalue weighted by molar-refractivity contribution is 0.130. The Balaban J connectivity index is 2.80. The number of nitrogens with zero attached hydrogens (tertiary/aromatic N) is 3. The third-order valence-electron chi connectivity index (χ3n) is 2.14. The first kappa shape index (κ1) is 11.1. The van der Waals surface area contributed by atoms with E-state index in [1.54, 1.807) is 4.57 Å². The van der Waals surface area contributed by atoms with Gasteiger partial charge in [-0.05, 0) is 27.2 Å². The highest BCUT2D eigenvalue weighted by molar-refractivity contribution is 4.98. The Morgan fingerprint density at radius 1 is 1.50 bits per heavy atom. The van der Waals surface area contributed by atoms with Gasteiger partial charge in [0, 0.05) is 12.6 Å². The SMILES string of the molecule is Cc1nnc(C(O)CC(C)(C)N)n1C. The predicted octanol–water partition coefficient (Wildman–Crippen LogP) is 0.284. The Morgan fingerprint density at radius 3 is 2.43 bits per heavy atom. The zero-order valence-electron chi connectivity index (χ0n) is 9.15. The molecule has 1 rings (SSSR count). The summed E-state index contributed by atoms with van der Waals surface area (Å²) in [6.45, 7) is 5.59. The summed E-state index contributed by atoms with van der Waals surface area (Å²) in [5.74, 6) is 1.36. The molecule has 1 unspecified atom stereocenters. The summed E-state index contributed by atoms with van der Waals surface area (Å²) in [5.41, 5.74) is 5.41. The normalized spacial score (nSPS) is 14.4. The van der Waals surface area contributed by atoms with Gasteiger partial charge in [-0.1, -0.05) is 0 Å². The Kier molecular flexibility index (Phi) is 2.92. The van der Waals surface area contributed by atoms with Crippen molar-refractivity contribution >= 4 is 0 Å². The van der Waals surface area contributed by atoms with Crippen molar-refractivity contribution in [2.75, 3.05) is 0 Å². The van der Waals surface area contributed by atoms with Gasteiger partial charge in [-0.3, -0.25) is 0 Å². The lowest BCUT2D eigenvalue weighted by Gasteiger charge is -2.21. The van der Waals surface area contributed by atoms with Gasteiger partial charge in [0.15, 0.2) is 5.82 Å². The van der Waals surface area contributed by atoms with Crippen LogP contribution in [0.3, 0.4) is 0 Å². The Hall–Kier alpha value is -0.940. The first-order valence-electron chi connectivity index (χ1n) is 4.64. The van der Waals surface area contributed by atoms with Gasteiger partial charge in [-0.2, -0.15) is 0 Å². The fourth-order valence-electron chi connectivity index (χ4n) is 1.30. The first-order valence-corrected chi connectivity index (χ1v) is 4.64. The average Bonchev–Trinajstić information content (AvgIpc) is 2.29. The van der Waals surface area contributed by atoms with Crippen LogP contribution in [0.5, 0.6) is 0 Å². The van der Waals surface area contributed by atoms with E-state index >= 15 is 0 Å². The van der Waals surface area contributed by atoms with Crippen LogP contribution in [0.25, 0.3) is 0 Å². The summed E-state index contributed by atoms with van der Waals surface area (Å²) < 4.78 is 1.77. The Morgan fingerprint density at radius 2 is 2.07 bits per heavy atom. The maximum absolute atomic E-state index is 9.85. The molecular weight excluding hydrogens is 180 g/mol. The number of aryl methyl sites for hydroxylation is 1. The highest BCUT2D eigenvalue weighted by Gasteiger charge is 2.22. The molecule has 0 saturated carbocycles. The molecule has 0 aliphatic rings. The van der Waals surface area contributed by atoms with Crippen LogP contribution in [-0.4, -0.2) is 25.4 Å². The van der Waals surface area contributed by atoms with Crippen molar-refractivity contribution in [3.05, 3.63) is 11.6 Å². The average molecular weight is 198 g/mol. The van der Waals surface area contributed by atoms with Crippen molar-refractivity contribution < 1.29 is 5.11 Å². The Labute approximate surface area is 83.9 Å². The van der Waals surface area contributed by atoms with Gasteiger partial charge in [0.05, 0.1) is 0 Å². The third kappa shape index (κ3) is 2.52. The quantitative estimate of drug-likeness (QED) is 0.731. The van der Waals surface area contributed by atoms with E-state index in [-0.39, 0.29) is 0 Å². The molecule has 0 fully saturated rings. The summed E-state index contributed by atoms with van der Waals surface area (Å²) in [6.07, 6.45) is -0.180. The van der Waals surface area contributed by atoms with Crippen molar-refractivity contribution in [2.24, 2.45) is 12.8 Å². The van der Waals surface area contributed by atoms with E-state index in [0.29, 0.717) is 12.2 Å². The minimum absolute atomic E-state index is 0.404. The first-order chi connectivity index (χ1) is 6.31. The van der Waals surface area contributed by atoms with E-state index < -0.39 is 11.6 Å². The summed E-state index contributed by atoms with van der Waals surface area (Å²) in [6, 6.07) is 0. The van der Waals surface area contributed by atoms with Crippen LogP contribution in [0.15, 0.2) is 0 Å². The summed E-state index contributed by atoms with van der Waals surface area (Å²) in [5, 5.41) is 17.6. The van der Waals surface area contributed by atoms with Crippen molar-refractivity contribution in [1.29, 1.82) is 0 Å². The lowest BCUT2D eigenvalue weighted by atomic mass is 9.98. The lowest BCUT2D eigenvalue weighted by Crippen LogP contribution is -2.34. The molecule has 1 atom stereocenters. The number of hydrogen-bond acceptors (Lipinski definition) is 4. The van der Waals surface area contributed by atoms with E-state index in [1.165, 1.54) is 0 Å². The highest BCUT2D eigenvalue weighted by atomic mass is 16.3. The highest BCUT2D eigenvalue weighted by Crippen LogP contribution is 2.20. The maximum Gasteiger partial charge on any atom is 0.161 e. The number of aromatic nitrogens is 3. The molecule has 1 heterocycles. The number of aliphatic hydroxyl groups is 1. The van der Waals surface area contributed by atoms with Gasteiger partial charge in [0.1, 0.15) is 11.9 Å². The molecular formula is C9H18N4O. The van der Waals surface area contributed by atoms with Crippen LogP contribution in [0.2, 0.25) is 0 Å². The molecule has 14 heavy (non-hydrogen) atoms. The molecule has 0 aliphatic carbocycles. The van der Waals surface area contributed by atoms with Gasteiger partial charge < -0.3 is 15.4 Å². The zero-order chi connectivity index (χ0) is 10.9. The van der Waals surface area contributed by atoms with E-state index in [2.05, 4.69) is 10.2 Å². The van der Waals surface area contributed by atoms with Crippen LogP contribution < -0.4 is 5.73 Å². The number of hydrogen-bond donors (Lipinski definition) is 2. The molecule has 5 nitrogen and oxygen atoms in total. The zero-order valence-corrected chi connectivity index (χ0v) is 9.15. The fraction of sp³-hybridized carbons (Fsp3) is 0.778. The van der Waals surface area contributed by atoms with Crippen LogP contribution in [0.1, 0.15) is 38.0 Å². The minimum atomic E-state index is -0.652. The maximum atomic E-state index is 9.85. The molecule has 0 spiro atoms. The standard InChI is InChI=1S/C9H18N4O/c1-6-11-12-8(13(6)4)7(14)5-9(2,3)10/h7,14H,5,10H2,1-4H3. The molecule has 0 aromatic carbocycles. The second-order valence-corrected chi connectivity index (χ2v) is 4.37. The number of rotatable bonds is 3. The van der Waals surface area contributed by atoms with Crippen molar-refractivity contribution in [3.8, 4) is 0 Å². The largest absolute Gasteiger partial charge is 0.385 e. The fourth-order valence-corrected chi connectivity index (χ4v) is 1.30. The van der Waals surface area contributed by atoms with E-state index in [9.17, 15) is 5.11 Å². The molecule has 0 saturated heterocycles.